The number of hydrogen-bond acceptors (Lipinski definition) is 3. The van der Waals surface area contributed by atoms with Crippen molar-refractivity contribution in [1.82, 2.24) is 9.80 Å². The van der Waals surface area contributed by atoms with Gasteiger partial charge in [0.2, 0.25) is 0 Å². The first-order valence-corrected chi connectivity index (χ1v) is 8.00. The Morgan fingerprint density at radius 3 is 2.32 bits per heavy atom. The fourth-order valence-corrected chi connectivity index (χ4v) is 3.85. The Morgan fingerprint density at radius 2 is 1.79 bits per heavy atom. The summed E-state index contributed by atoms with van der Waals surface area (Å²) in [6.07, 6.45) is 7.90. The van der Waals surface area contributed by atoms with Crippen molar-refractivity contribution < 1.29 is 0 Å². The van der Waals surface area contributed by atoms with Crippen LogP contribution in [0.4, 0.5) is 0 Å². The molecule has 1 saturated heterocycles. The molecule has 1 aliphatic heterocycles. The van der Waals surface area contributed by atoms with Crippen molar-refractivity contribution in [3.8, 4) is 0 Å². The summed E-state index contributed by atoms with van der Waals surface area (Å²) in [6.45, 7) is 8.12. The summed E-state index contributed by atoms with van der Waals surface area (Å²) in [5.74, 6) is 0. The molecule has 1 atom stereocenters. The van der Waals surface area contributed by atoms with Crippen LogP contribution < -0.4 is 5.73 Å². The average Bonchev–Trinajstić information content (AvgIpc) is 2.39. The molecule has 0 amide bonds. The van der Waals surface area contributed by atoms with E-state index in [1.54, 1.807) is 0 Å². The molecule has 1 saturated carbocycles. The van der Waals surface area contributed by atoms with Crippen molar-refractivity contribution in [1.29, 1.82) is 0 Å². The minimum atomic E-state index is 0.296. The number of hydrogen-bond donors (Lipinski definition) is 1. The first kappa shape index (κ1) is 15.3. The van der Waals surface area contributed by atoms with Gasteiger partial charge in [0.1, 0.15) is 0 Å². The Bertz CT molecular complexity index is 288. The van der Waals surface area contributed by atoms with Crippen LogP contribution in [-0.2, 0) is 0 Å². The lowest BCUT2D eigenvalue weighted by Gasteiger charge is -2.52. The minimum absolute atomic E-state index is 0.296. The second-order valence-electron chi connectivity index (χ2n) is 7.80. The van der Waals surface area contributed by atoms with Gasteiger partial charge in [-0.25, -0.2) is 0 Å². The van der Waals surface area contributed by atoms with Gasteiger partial charge in [-0.05, 0) is 64.6 Å². The molecule has 2 fully saturated rings. The summed E-state index contributed by atoms with van der Waals surface area (Å²) < 4.78 is 0. The molecule has 112 valence electrons. The Hall–Kier alpha value is -0.120. The Balaban J connectivity index is 2.05. The zero-order chi connectivity index (χ0) is 14.1. The molecule has 3 heteroatoms. The van der Waals surface area contributed by atoms with E-state index in [4.69, 9.17) is 5.73 Å². The molecule has 0 spiro atoms. The quantitative estimate of drug-likeness (QED) is 0.852. The Kier molecular flexibility index (Phi) is 4.59. The number of likely N-dealkylation sites (tertiary alicyclic amines) is 1. The van der Waals surface area contributed by atoms with Crippen LogP contribution in [0.3, 0.4) is 0 Å². The van der Waals surface area contributed by atoms with Crippen LogP contribution in [0.25, 0.3) is 0 Å². The van der Waals surface area contributed by atoms with Gasteiger partial charge >= 0.3 is 0 Å². The number of nitrogens with two attached hydrogens (primary N) is 1. The Labute approximate surface area is 119 Å². The van der Waals surface area contributed by atoms with Crippen molar-refractivity contribution >= 4 is 0 Å². The molecule has 2 rings (SSSR count). The lowest BCUT2D eigenvalue weighted by molar-refractivity contribution is -0.0101. The van der Waals surface area contributed by atoms with E-state index in [0.29, 0.717) is 17.0 Å². The maximum atomic E-state index is 6.22. The second kappa shape index (κ2) is 5.71. The predicted molar refractivity (Wildman–Crippen MR) is 82.3 cm³/mol. The maximum Gasteiger partial charge on any atom is 0.0332 e. The van der Waals surface area contributed by atoms with Crippen LogP contribution in [0.1, 0.15) is 52.4 Å². The van der Waals surface area contributed by atoms with Crippen molar-refractivity contribution in [2.24, 2.45) is 11.1 Å². The molecule has 2 N–H and O–H groups in total. The monoisotopic (exact) mass is 267 g/mol. The van der Waals surface area contributed by atoms with Gasteiger partial charge in [-0.1, -0.05) is 13.8 Å². The molecule has 1 aliphatic carbocycles. The van der Waals surface area contributed by atoms with Crippen molar-refractivity contribution in [2.45, 2.75) is 64.0 Å². The highest BCUT2D eigenvalue weighted by molar-refractivity contribution is 5.00. The summed E-state index contributed by atoms with van der Waals surface area (Å²) in [5, 5.41) is 0. The van der Waals surface area contributed by atoms with E-state index in [1.807, 2.05) is 0 Å². The smallest absolute Gasteiger partial charge is 0.0332 e. The SMILES string of the molecule is CN(C)C1CCCN(C2(CN)CCC(C)(C)CC2)C1. The molecule has 3 nitrogen and oxygen atoms in total. The molecule has 0 bridgehead atoms. The van der Waals surface area contributed by atoms with Crippen LogP contribution in [-0.4, -0.2) is 55.1 Å². The molecule has 1 heterocycles. The van der Waals surface area contributed by atoms with E-state index in [0.717, 1.165) is 6.54 Å². The number of nitrogens with zero attached hydrogens (tertiary/aromatic N) is 2. The molecule has 0 aromatic carbocycles. The van der Waals surface area contributed by atoms with Gasteiger partial charge in [0.15, 0.2) is 0 Å². The average molecular weight is 267 g/mol. The van der Waals surface area contributed by atoms with Crippen molar-refractivity contribution in [3.63, 3.8) is 0 Å². The molecular formula is C16H33N3. The highest BCUT2D eigenvalue weighted by atomic mass is 15.3. The summed E-state index contributed by atoms with van der Waals surface area (Å²) in [5.41, 5.74) is 7.04. The fraction of sp³-hybridized carbons (Fsp3) is 1.00. The number of rotatable bonds is 3. The third kappa shape index (κ3) is 3.32. The van der Waals surface area contributed by atoms with E-state index < -0.39 is 0 Å². The maximum absolute atomic E-state index is 6.22. The van der Waals surface area contributed by atoms with Crippen LogP contribution in [0.15, 0.2) is 0 Å². The topological polar surface area (TPSA) is 32.5 Å². The summed E-state index contributed by atoms with van der Waals surface area (Å²) in [7, 11) is 4.43. The Morgan fingerprint density at radius 1 is 1.16 bits per heavy atom. The molecule has 0 aromatic heterocycles. The molecule has 1 unspecified atom stereocenters. The third-order valence-corrected chi connectivity index (χ3v) is 5.71. The van der Waals surface area contributed by atoms with Crippen LogP contribution in [0, 0.1) is 5.41 Å². The van der Waals surface area contributed by atoms with Crippen molar-refractivity contribution in [2.75, 3.05) is 33.7 Å². The zero-order valence-electron chi connectivity index (χ0n) is 13.4. The van der Waals surface area contributed by atoms with E-state index in [9.17, 15) is 0 Å². The first-order valence-electron chi connectivity index (χ1n) is 8.00. The third-order valence-electron chi connectivity index (χ3n) is 5.71. The van der Waals surface area contributed by atoms with Gasteiger partial charge in [0.25, 0.3) is 0 Å². The van der Waals surface area contributed by atoms with Crippen LogP contribution in [0.5, 0.6) is 0 Å². The molecule has 0 radical (unpaired) electrons. The molecule has 0 aromatic rings. The molecular weight excluding hydrogens is 234 g/mol. The van der Waals surface area contributed by atoms with Crippen LogP contribution in [0.2, 0.25) is 0 Å². The minimum Gasteiger partial charge on any atom is -0.329 e. The molecule has 19 heavy (non-hydrogen) atoms. The van der Waals surface area contributed by atoms with E-state index in [-0.39, 0.29) is 0 Å². The van der Waals surface area contributed by atoms with Gasteiger partial charge in [0, 0.05) is 24.7 Å². The standard InChI is InChI=1S/C16H33N3/c1-15(2)7-9-16(13-17,10-8-15)19-11-5-6-14(12-19)18(3)4/h14H,5-13,17H2,1-4H3. The summed E-state index contributed by atoms with van der Waals surface area (Å²) >= 11 is 0. The van der Waals surface area contributed by atoms with Gasteiger partial charge in [0.05, 0.1) is 0 Å². The van der Waals surface area contributed by atoms with Gasteiger partial charge in [-0.2, -0.15) is 0 Å². The van der Waals surface area contributed by atoms with E-state index in [2.05, 4.69) is 37.7 Å². The van der Waals surface area contributed by atoms with Gasteiger partial charge in [-0.15, -0.1) is 0 Å². The lowest BCUT2D eigenvalue weighted by atomic mass is 9.68. The second-order valence-corrected chi connectivity index (χ2v) is 7.80. The summed E-state index contributed by atoms with van der Waals surface area (Å²) in [4.78, 5) is 5.12. The molecule has 2 aliphatic rings. The first-order chi connectivity index (χ1) is 8.88. The van der Waals surface area contributed by atoms with E-state index in [1.165, 1.54) is 51.6 Å². The number of likely N-dealkylation sites (N-methyl/N-ethyl adjacent to an activating group) is 1. The van der Waals surface area contributed by atoms with Crippen LogP contribution >= 0.6 is 0 Å². The highest BCUT2D eigenvalue weighted by Crippen LogP contribution is 2.43. The van der Waals surface area contributed by atoms with Gasteiger partial charge < -0.3 is 10.6 Å². The normalized spacial score (nSPS) is 31.6. The lowest BCUT2D eigenvalue weighted by Crippen LogP contribution is -2.61. The van der Waals surface area contributed by atoms with E-state index >= 15 is 0 Å². The largest absolute Gasteiger partial charge is 0.329 e. The number of piperidine rings is 1. The highest BCUT2D eigenvalue weighted by Gasteiger charge is 2.43. The van der Waals surface area contributed by atoms with Crippen molar-refractivity contribution in [3.05, 3.63) is 0 Å². The predicted octanol–water partition coefficient (Wildman–Crippen LogP) is 2.31. The summed E-state index contributed by atoms with van der Waals surface area (Å²) in [6, 6.07) is 0.715. The fourth-order valence-electron chi connectivity index (χ4n) is 3.85. The zero-order valence-corrected chi connectivity index (χ0v) is 13.4. The van der Waals surface area contributed by atoms with Gasteiger partial charge in [-0.3, -0.25) is 4.90 Å².